The van der Waals surface area contributed by atoms with Gasteiger partial charge in [-0.2, -0.15) is 0 Å². The molecule has 2 aromatic rings. The largest absolute Gasteiger partial charge is 0.358 e. The fourth-order valence-electron chi connectivity index (χ4n) is 2.64. The zero-order chi connectivity index (χ0) is 12.7. The van der Waals surface area contributed by atoms with Gasteiger partial charge in [0, 0.05) is 33.9 Å². The number of aromatic amines is 1. The third-order valence-electron chi connectivity index (χ3n) is 3.38. The van der Waals surface area contributed by atoms with Gasteiger partial charge >= 0.3 is 0 Å². The number of benzene rings is 1. The lowest BCUT2D eigenvalue weighted by Crippen LogP contribution is -1.97. The predicted octanol–water partition coefficient (Wildman–Crippen LogP) is 4.00. The minimum atomic E-state index is 0.582. The molecule has 1 aromatic heterocycles. The third-order valence-corrected chi connectivity index (χ3v) is 3.38. The Labute approximate surface area is 107 Å². The molecule has 2 heteroatoms. The van der Waals surface area contributed by atoms with Crippen LogP contribution >= 0.6 is 0 Å². The van der Waals surface area contributed by atoms with Gasteiger partial charge in [0.25, 0.3) is 0 Å². The van der Waals surface area contributed by atoms with Gasteiger partial charge in [0.1, 0.15) is 0 Å². The topological polar surface area (TPSA) is 39.6 Å². The second kappa shape index (κ2) is 4.01. The van der Waals surface area contributed by atoms with Gasteiger partial charge in [-0.25, -0.2) is 0 Å². The smallest absolute Gasteiger partial charge is 0.0469 e. The molecule has 1 heterocycles. The Kier molecular flexibility index (Phi) is 2.46. The fourth-order valence-corrected chi connectivity index (χ4v) is 2.64. The van der Waals surface area contributed by atoms with Gasteiger partial charge in [0.2, 0.25) is 0 Å². The van der Waals surface area contributed by atoms with Crippen LogP contribution in [0.2, 0.25) is 0 Å². The van der Waals surface area contributed by atoms with Crippen LogP contribution in [0.15, 0.2) is 17.9 Å². The molecule has 0 fully saturated rings. The van der Waals surface area contributed by atoms with E-state index < -0.39 is 0 Å². The van der Waals surface area contributed by atoms with E-state index in [0.717, 1.165) is 17.5 Å². The van der Waals surface area contributed by atoms with Crippen LogP contribution in [0.4, 0.5) is 0 Å². The average molecular weight is 236 g/mol. The fraction of sp³-hybridized carbons (Fsp3) is 0.250. The summed E-state index contributed by atoms with van der Waals surface area (Å²) in [5.41, 5.74) is 8.85. The summed E-state index contributed by atoms with van der Waals surface area (Å²) in [6.07, 6.45) is 6.46. The summed E-state index contributed by atoms with van der Waals surface area (Å²) < 4.78 is 0. The molecule has 0 bridgehead atoms. The number of nitrogens with one attached hydrogen (secondary N) is 2. The lowest BCUT2D eigenvalue weighted by atomic mass is 9.99. The van der Waals surface area contributed by atoms with Crippen molar-refractivity contribution in [1.82, 2.24) is 4.98 Å². The monoisotopic (exact) mass is 236 g/mol. The summed E-state index contributed by atoms with van der Waals surface area (Å²) in [7, 11) is 0. The molecule has 0 atom stereocenters. The van der Waals surface area contributed by atoms with Crippen molar-refractivity contribution in [2.45, 2.75) is 20.3 Å². The SMILES string of the molecule is CC(C)Cc1[nH]c2ccc3c(c2c1C=N)C=C=C3. The van der Waals surface area contributed by atoms with Crippen molar-refractivity contribution in [2.75, 3.05) is 0 Å². The molecule has 2 N–H and O–H groups in total. The molecule has 0 unspecified atom stereocenters. The summed E-state index contributed by atoms with van der Waals surface area (Å²) in [5.74, 6) is 0.582. The molecule has 0 aliphatic heterocycles. The highest BCUT2D eigenvalue weighted by Gasteiger charge is 2.16. The molecule has 0 saturated carbocycles. The van der Waals surface area contributed by atoms with Crippen LogP contribution in [0.5, 0.6) is 0 Å². The Morgan fingerprint density at radius 1 is 1.33 bits per heavy atom. The van der Waals surface area contributed by atoms with E-state index >= 15 is 0 Å². The van der Waals surface area contributed by atoms with Crippen LogP contribution in [0, 0.1) is 11.3 Å². The van der Waals surface area contributed by atoms with Crippen LogP contribution in [-0.2, 0) is 6.42 Å². The molecule has 0 spiro atoms. The Hall–Kier alpha value is -2.05. The van der Waals surface area contributed by atoms with E-state index in [1.165, 1.54) is 28.4 Å². The van der Waals surface area contributed by atoms with E-state index in [0.29, 0.717) is 5.92 Å². The normalized spacial score (nSPS) is 12.6. The molecule has 1 aliphatic carbocycles. The second-order valence-corrected chi connectivity index (χ2v) is 5.21. The number of rotatable bonds is 3. The second-order valence-electron chi connectivity index (χ2n) is 5.21. The minimum absolute atomic E-state index is 0.582. The summed E-state index contributed by atoms with van der Waals surface area (Å²) in [4.78, 5) is 3.46. The van der Waals surface area contributed by atoms with Crippen molar-refractivity contribution in [3.63, 3.8) is 0 Å². The highest BCUT2D eigenvalue weighted by molar-refractivity contribution is 6.06. The van der Waals surface area contributed by atoms with Gasteiger partial charge in [-0.1, -0.05) is 19.9 Å². The first-order valence-electron chi connectivity index (χ1n) is 6.31. The first-order valence-corrected chi connectivity index (χ1v) is 6.31. The van der Waals surface area contributed by atoms with Gasteiger partial charge in [-0.3, -0.25) is 0 Å². The highest BCUT2D eigenvalue weighted by Crippen LogP contribution is 2.31. The number of hydrogen-bond donors (Lipinski definition) is 2. The van der Waals surface area contributed by atoms with Crippen molar-refractivity contribution in [3.05, 3.63) is 40.2 Å². The van der Waals surface area contributed by atoms with Crippen LogP contribution in [0.25, 0.3) is 23.1 Å². The molecule has 1 aromatic carbocycles. The molecular weight excluding hydrogens is 220 g/mol. The average Bonchev–Trinajstić information content (AvgIpc) is 2.89. The molecule has 0 radical (unpaired) electrons. The predicted molar refractivity (Wildman–Crippen MR) is 77.2 cm³/mol. The highest BCUT2D eigenvalue weighted by atomic mass is 14.7. The Morgan fingerprint density at radius 3 is 2.89 bits per heavy atom. The number of H-pyrrole nitrogens is 1. The van der Waals surface area contributed by atoms with Crippen LogP contribution in [-0.4, -0.2) is 11.2 Å². The number of aromatic nitrogens is 1. The standard InChI is InChI=1S/C16H16N2/c1-10(2)8-15-13(9-17)16-12-5-3-4-11(12)6-7-14(16)18-15/h4-7,9-10,17-18H,8H2,1-2H3. The van der Waals surface area contributed by atoms with Crippen LogP contribution in [0.1, 0.15) is 36.2 Å². The number of hydrogen-bond acceptors (Lipinski definition) is 1. The maximum atomic E-state index is 7.70. The zero-order valence-corrected chi connectivity index (χ0v) is 10.7. The van der Waals surface area contributed by atoms with Gasteiger partial charge < -0.3 is 10.4 Å². The minimum Gasteiger partial charge on any atom is -0.358 e. The maximum Gasteiger partial charge on any atom is 0.0469 e. The van der Waals surface area contributed by atoms with E-state index in [4.69, 9.17) is 5.41 Å². The third kappa shape index (κ3) is 1.54. The molecule has 0 amide bonds. The molecular formula is C16H16N2. The van der Waals surface area contributed by atoms with Crippen molar-refractivity contribution in [1.29, 1.82) is 5.41 Å². The van der Waals surface area contributed by atoms with Crippen molar-refractivity contribution < 1.29 is 0 Å². The first kappa shape index (κ1) is 11.1. The van der Waals surface area contributed by atoms with Gasteiger partial charge in [-0.05, 0) is 36.1 Å². The lowest BCUT2D eigenvalue weighted by molar-refractivity contribution is 0.638. The first-order chi connectivity index (χ1) is 8.70. The van der Waals surface area contributed by atoms with Crippen molar-refractivity contribution >= 4 is 29.3 Å². The lowest BCUT2D eigenvalue weighted by Gasteiger charge is -2.04. The molecule has 0 saturated heterocycles. The zero-order valence-electron chi connectivity index (χ0n) is 10.7. The van der Waals surface area contributed by atoms with E-state index in [1.807, 2.05) is 12.2 Å². The Balaban J connectivity index is 2.30. The Morgan fingerprint density at radius 2 is 2.17 bits per heavy atom. The van der Waals surface area contributed by atoms with Gasteiger partial charge in [0.15, 0.2) is 0 Å². The number of fused-ring (bicyclic) bond motifs is 3. The van der Waals surface area contributed by atoms with Crippen LogP contribution in [0.3, 0.4) is 0 Å². The molecule has 2 nitrogen and oxygen atoms in total. The summed E-state index contributed by atoms with van der Waals surface area (Å²) in [5, 5.41) is 8.87. The van der Waals surface area contributed by atoms with Crippen LogP contribution < -0.4 is 0 Å². The molecule has 90 valence electrons. The summed E-state index contributed by atoms with van der Waals surface area (Å²) >= 11 is 0. The molecule has 1 aliphatic rings. The van der Waals surface area contributed by atoms with E-state index in [1.54, 1.807) is 0 Å². The molecule has 3 rings (SSSR count). The van der Waals surface area contributed by atoms with Gasteiger partial charge in [-0.15, -0.1) is 5.73 Å². The maximum absolute atomic E-state index is 7.70. The summed E-state index contributed by atoms with van der Waals surface area (Å²) in [6, 6.07) is 4.21. The van der Waals surface area contributed by atoms with E-state index in [2.05, 4.69) is 36.7 Å². The quantitative estimate of drug-likeness (QED) is 0.509. The van der Waals surface area contributed by atoms with Crippen molar-refractivity contribution in [3.8, 4) is 0 Å². The molecule has 18 heavy (non-hydrogen) atoms. The van der Waals surface area contributed by atoms with Gasteiger partial charge in [0.05, 0.1) is 0 Å². The van der Waals surface area contributed by atoms with Crippen molar-refractivity contribution in [2.24, 2.45) is 5.92 Å². The van der Waals surface area contributed by atoms with E-state index in [9.17, 15) is 0 Å². The van der Waals surface area contributed by atoms with E-state index in [-0.39, 0.29) is 0 Å². The Bertz CT molecular complexity index is 695. The summed E-state index contributed by atoms with van der Waals surface area (Å²) in [6.45, 7) is 4.40.